The average Bonchev–Trinajstić information content (AvgIpc) is 2.70. The van der Waals surface area contributed by atoms with Crippen molar-refractivity contribution in [2.75, 3.05) is 13.2 Å². The maximum absolute atomic E-state index is 14.4. The van der Waals surface area contributed by atoms with Gasteiger partial charge in [-0.2, -0.15) is 0 Å². The normalized spacial score (nSPS) is 12.2. The summed E-state index contributed by atoms with van der Waals surface area (Å²) in [7, 11) is -2.86. The van der Waals surface area contributed by atoms with E-state index in [1.807, 2.05) is 12.1 Å². The van der Waals surface area contributed by atoms with Crippen LogP contribution in [0.4, 0.5) is 4.39 Å². The second kappa shape index (κ2) is 14.1. The molecule has 0 aliphatic rings. The molecule has 0 saturated carbocycles. The summed E-state index contributed by atoms with van der Waals surface area (Å²) < 4.78 is 30.4. The summed E-state index contributed by atoms with van der Waals surface area (Å²) in [5.41, 5.74) is 3.01. The minimum absolute atomic E-state index is 0.198. The average molecular weight is 486 g/mol. The molecule has 7 heteroatoms. The lowest BCUT2D eigenvalue weighted by molar-refractivity contribution is 0.276. The van der Waals surface area contributed by atoms with E-state index < -0.39 is 8.25 Å². The summed E-state index contributed by atoms with van der Waals surface area (Å²) >= 11 is 3.57. The molecule has 0 saturated heterocycles. The van der Waals surface area contributed by atoms with Crippen LogP contribution in [0, 0.1) is 5.82 Å². The van der Waals surface area contributed by atoms with Gasteiger partial charge in [-0.1, -0.05) is 59.1 Å². The quantitative estimate of drug-likeness (QED) is 0.261. The van der Waals surface area contributed by atoms with Crippen molar-refractivity contribution in [3.05, 3.63) is 69.4 Å². The molecule has 1 unspecified atom stereocenters. The zero-order valence-corrected chi connectivity index (χ0v) is 19.2. The van der Waals surface area contributed by atoms with Crippen molar-refractivity contribution in [2.45, 2.75) is 51.5 Å². The summed E-state index contributed by atoms with van der Waals surface area (Å²) in [6.07, 6.45) is 7.16. The Morgan fingerprint density at radius 1 is 1.00 bits per heavy atom. The highest BCUT2D eigenvalue weighted by Gasteiger charge is 2.08. The molecule has 29 heavy (non-hydrogen) atoms. The minimum atomic E-state index is -2.86. The van der Waals surface area contributed by atoms with E-state index >= 15 is 0 Å². The first-order valence-corrected chi connectivity index (χ1v) is 12.2. The van der Waals surface area contributed by atoms with Crippen molar-refractivity contribution in [3.63, 3.8) is 0 Å². The van der Waals surface area contributed by atoms with Crippen LogP contribution in [0.25, 0.3) is 0 Å². The first kappa shape index (κ1) is 24.2. The zero-order valence-electron chi connectivity index (χ0n) is 16.6. The minimum Gasteiger partial charge on any atom is -0.326 e. The molecule has 4 nitrogen and oxygen atoms in total. The maximum atomic E-state index is 14.4. The molecular weight excluding hydrogens is 456 g/mol. The van der Waals surface area contributed by atoms with E-state index in [4.69, 9.17) is 4.89 Å². The number of rotatable bonds is 14. The van der Waals surface area contributed by atoms with Gasteiger partial charge in [-0.15, -0.1) is 0 Å². The van der Waals surface area contributed by atoms with Crippen molar-refractivity contribution in [1.82, 2.24) is 5.32 Å². The van der Waals surface area contributed by atoms with Gasteiger partial charge < -0.3 is 14.7 Å². The van der Waals surface area contributed by atoms with Crippen LogP contribution in [-0.2, 0) is 28.5 Å². The Hall–Kier alpha value is -1.04. The molecule has 0 heterocycles. The van der Waals surface area contributed by atoms with Crippen molar-refractivity contribution in [3.8, 4) is 0 Å². The molecule has 2 aromatic carbocycles. The molecule has 0 amide bonds. The Kier molecular flexibility index (Phi) is 11.7. The van der Waals surface area contributed by atoms with Crippen LogP contribution in [0.3, 0.4) is 0 Å². The van der Waals surface area contributed by atoms with Gasteiger partial charge in [0.1, 0.15) is 5.82 Å². The van der Waals surface area contributed by atoms with Gasteiger partial charge in [0, 0.05) is 16.6 Å². The molecule has 160 valence electrons. The van der Waals surface area contributed by atoms with E-state index in [-0.39, 0.29) is 12.4 Å². The van der Waals surface area contributed by atoms with Crippen LogP contribution in [0.1, 0.15) is 48.8 Å². The van der Waals surface area contributed by atoms with Crippen LogP contribution in [0.5, 0.6) is 0 Å². The summed E-state index contributed by atoms with van der Waals surface area (Å²) in [4.78, 5) is 8.58. The van der Waals surface area contributed by atoms with Crippen molar-refractivity contribution >= 4 is 24.2 Å². The van der Waals surface area contributed by atoms with Crippen molar-refractivity contribution in [2.24, 2.45) is 0 Å². The van der Waals surface area contributed by atoms with Gasteiger partial charge in [-0.05, 0) is 61.9 Å². The molecule has 0 fully saturated rings. The van der Waals surface area contributed by atoms with Gasteiger partial charge in [0.2, 0.25) is 0 Å². The van der Waals surface area contributed by atoms with Crippen LogP contribution < -0.4 is 5.32 Å². The smallest absolute Gasteiger partial charge is 0.316 e. The first-order valence-electron chi connectivity index (χ1n) is 10.1. The van der Waals surface area contributed by atoms with Gasteiger partial charge in [0.25, 0.3) is 0 Å². The number of hydrogen-bond donors (Lipinski definition) is 2. The third-order valence-corrected chi connectivity index (χ3v) is 5.95. The lowest BCUT2D eigenvalue weighted by atomic mass is 10.0. The third-order valence-electron chi connectivity index (χ3n) is 4.76. The lowest BCUT2D eigenvalue weighted by Crippen LogP contribution is -2.17. The highest BCUT2D eigenvalue weighted by Crippen LogP contribution is 2.24. The molecule has 0 radical (unpaired) electrons. The summed E-state index contributed by atoms with van der Waals surface area (Å²) in [5, 5.41) is 3.13. The number of nitrogens with one attached hydrogen (secondary N) is 1. The third kappa shape index (κ3) is 10.0. The maximum Gasteiger partial charge on any atom is 0.316 e. The summed E-state index contributed by atoms with van der Waals surface area (Å²) in [6.45, 7) is 1.23. The van der Waals surface area contributed by atoms with E-state index in [1.165, 1.54) is 18.4 Å². The van der Waals surface area contributed by atoms with Crippen LogP contribution in [0.15, 0.2) is 46.9 Å². The standard InChI is InChI=1S/C22H30BrFNO3P/c23-21-15-20(17-25-13-8-14-28-29(26)27)22(24)16-19(21)12-7-2-1-4-9-18-10-5-3-6-11-18/h3,5-6,10-11,15-16,25,29H,1-2,4,7-9,12-14,17H2,(H,26,27). The van der Waals surface area contributed by atoms with Crippen molar-refractivity contribution < 1.29 is 18.4 Å². The largest absolute Gasteiger partial charge is 0.326 e. The monoisotopic (exact) mass is 485 g/mol. The molecule has 0 aromatic heterocycles. The van der Waals surface area contributed by atoms with Gasteiger partial charge in [-0.25, -0.2) is 4.39 Å². The Labute approximate surface area is 182 Å². The Balaban J connectivity index is 1.65. The fraction of sp³-hybridized carbons (Fsp3) is 0.455. The summed E-state index contributed by atoms with van der Waals surface area (Å²) in [5.74, 6) is -0.198. The summed E-state index contributed by atoms with van der Waals surface area (Å²) in [6, 6.07) is 14.0. The fourth-order valence-corrected chi connectivity index (χ4v) is 4.09. The number of halogens is 2. The number of unbranched alkanes of at least 4 members (excludes halogenated alkanes) is 3. The van der Waals surface area contributed by atoms with E-state index in [9.17, 15) is 8.96 Å². The molecule has 0 spiro atoms. The second-order valence-corrected chi connectivity index (χ2v) is 8.75. The second-order valence-electron chi connectivity index (χ2n) is 7.08. The molecule has 2 aromatic rings. The molecule has 0 bridgehead atoms. The topological polar surface area (TPSA) is 58.6 Å². The SMILES string of the molecule is O=[PH](O)OCCCNCc1cc(Br)c(CCCCCCc2ccccc2)cc1F. The lowest BCUT2D eigenvalue weighted by Gasteiger charge is -2.10. The Morgan fingerprint density at radius 2 is 1.72 bits per heavy atom. The van der Waals surface area contributed by atoms with Crippen LogP contribution >= 0.6 is 24.2 Å². The van der Waals surface area contributed by atoms with E-state index in [0.717, 1.165) is 35.7 Å². The molecule has 0 aliphatic heterocycles. The predicted molar refractivity (Wildman–Crippen MR) is 120 cm³/mol. The van der Waals surface area contributed by atoms with E-state index in [2.05, 4.69) is 50.0 Å². The van der Waals surface area contributed by atoms with Gasteiger partial charge >= 0.3 is 8.25 Å². The highest BCUT2D eigenvalue weighted by molar-refractivity contribution is 9.10. The number of hydrogen-bond acceptors (Lipinski definition) is 3. The van der Waals surface area contributed by atoms with E-state index in [0.29, 0.717) is 25.1 Å². The Bertz CT molecular complexity index is 761. The molecule has 0 aliphatic carbocycles. The zero-order chi connectivity index (χ0) is 20.9. The van der Waals surface area contributed by atoms with Crippen LogP contribution in [0.2, 0.25) is 0 Å². The predicted octanol–water partition coefficient (Wildman–Crippen LogP) is 5.81. The first-order chi connectivity index (χ1) is 14.1. The molecular formula is C22H30BrFNO3P. The van der Waals surface area contributed by atoms with Crippen molar-refractivity contribution in [1.29, 1.82) is 0 Å². The van der Waals surface area contributed by atoms with Gasteiger partial charge in [0.05, 0.1) is 6.61 Å². The van der Waals surface area contributed by atoms with Gasteiger partial charge in [-0.3, -0.25) is 4.57 Å². The van der Waals surface area contributed by atoms with Gasteiger partial charge in [0.15, 0.2) is 0 Å². The molecule has 2 N–H and O–H groups in total. The number of aryl methyl sites for hydroxylation is 2. The number of benzene rings is 2. The molecule has 2 rings (SSSR count). The molecule has 1 atom stereocenters. The van der Waals surface area contributed by atoms with E-state index in [1.54, 1.807) is 6.07 Å². The Morgan fingerprint density at radius 3 is 2.45 bits per heavy atom. The van der Waals surface area contributed by atoms with Crippen LogP contribution in [-0.4, -0.2) is 18.0 Å². The highest BCUT2D eigenvalue weighted by atomic mass is 79.9. The fourth-order valence-electron chi connectivity index (χ4n) is 3.18.